The topological polar surface area (TPSA) is 77.2 Å². The average Bonchev–Trinajstić information content (AvgIpc) is 2.82. The van der Waals surface area contributed by atoms with Crippen LogP contribution in [0.5, 0.6) is 5.75 Å². The molecular formula is C15H21Cl2N3O2S. The number of thiazole rings is 1. The van der Waals surface area contributed by atoms with Gasteiger partial charge < -0.3 is 15.8 Å². The maximum atomic E-state index is 12.4. The van der Waals surface area contributed by atoms with Crippen LogP contribution in [0.3, 0.4) is 0 Å². The molecular weight excluding hydrogens is 357 g/mol. The minimum Gasteiger partial charge on any atom is -0.497 e. The monoisotopic (exact) mass is 377 g/mol. The number of anilines is 2. The summed E-state index contributed by atoms with van der Waals surface area (Å²) in [5.74, 6) is 0.458. The summed E-state index contributed by atoms with van der Waals surface area (Å²) in [7, 11) is 1.57. The first-order valence-electron chi connectivity index (χ1n) is 6.76. The Bertz CT molecular complexity index is 662. The van der Waals surface area contributed by atoms with Crippen LogP contribution < -0.4 is 15.8 Å². The molecule has 1 amide bonds. The van der Waals surface area contributed by atoms with Crippen LogP contribution in [-0.4, -0.2) is 18.0 Å². The van der Waals surface area contributed by atoms with Crippen molar-refractivity contribution in [3.05, 3.63) is 33.8 Å². The molecule has 0 saturated heterocycles. The van der Waals surface area contributed by atoms with Crippen molar-refractivity contribution in [3.63, 3.8) is 0 Å². The molecule has 0 atom stereocenters. The zero-order valence-corrected chi connectivity index (χ0v) is 15.7. The highest BCUT2D eigenvalue weighted by molar-refractivity contribution is 7.13. The fraction of sp³-hybridized carbons (Fsp3) is 0.333. The second-order valence-electron chi connectivity index (χ2n) is 4.68. The minimum absolute atomic E-state index is 0. The summed E-state index contributed by atoms with van der Waals surface area (Å²) in [4.78, 5) is 17.4. The van der Waals surface area contributed by atoms with Crippen LogP contribution in [0.15, 0.2) is 18.2 Å². The Kier molecular flexibility index (Phi) is 8.97. The SMILES string of the molecule is CCCc1nc(C)c(C(=O)Nc2cc(OC)ccc2N)s1.Cl.Cl. The van der Waals surface area contributed by atoms with E-state index in [1.54, 1.807) is 25.3 Å². The highest BCUT2D eigenvalue weighted by atomic mass is 35.5. The van der Waals surface area contributed by atoms with E-state index in [1.165, 1.54) is 11.3 Å². The molecule has 23 heavy (non-hydrogen) atoms. The summed E-state index contributed by atoms with van der Waals surface area (Å²) in [6.45, 7) is 3.94. The van der Waals surface area contributed by atoms with Crippen LogP contribution in [0.4, 0.5) is 11.4 Å². The average molecular weight is 378 g/mol. The number of hydrogen-bond donors (Lipinski definition) is 2. The number of methoxy groups -OCH3 is 1. The van der Waals surface area contributed by atoms with Crippen LogP contribution in [0.1, 0.15) is 33.7 Å². The summed E-state index contributed by atoms with van der Waals surface area (Å²) in [5.41, 5.74) is 7.68. The summed E-state index contributed by atoms with van der Waals surface area (Å²) in [6.07, 6.45) is 1.90. The number of aryl methyl sites for hydroxylation is 2. The fourth-order valence-corrected chi connectivity index (χ4v) is 2.99. The van der Waals surface area contributed by atoms with E-state index >= 15 is 0 Å². The summed E-state index contributed by atoms with van der Waals surface area (Å²) in [6, 6.07) is 5.16. The lowest BCUT2D eigenvalue weighted by Gasteiger charge is -2.09. The number of nitrogens with two attached hydrogens (primary N) is 1. The Labute approximate surface area is 152 Å². The molecule has 0 aliphatic heterocycles. The first-order valence-corrected chi connectivity index (χ1v) is 7.58. The van der Waals surface area contributed by atoms with E-state index in [1.807, 2.05) is 6.92 Å². The first kappa shape index (κ1) is 21.5. The predicted octanol–water partition coefficient (Wildman–Crippen LogP) is 4.09. The van der Waals surface area contributed by atoms with Crippen molar-refractivity contribution in [2.45, 2.75) is 26.7 Å². The summed E-state index contributed by atoms with van der Waals surface area (Å²) < 4.78 is 5.14. The third kappa shape index (κ3) is 5.27. The van der Waals surface area contributed by atoms with E-state index in [4.69, 9.17) is 10.5 Å². The maximum Gasteiger partial charge on any atom is 0.267 e. The van der Waals surface area contributed by atoms with Gasteiger partial charge in [0.25, 0.3) is 5.91 Å². The Morgan fingerprint density at radius 2 is 2.09 bits per heavy atom. The molecule has 1 heterocycles. The third-order valence-electron chi connectivity index (χ3n) is 3.02. The number of nitrogens with one attached hydrogen (secondary N) is 1. The number of carbonyl (C=O) groups is 1. The molecule has 0 aliphatic carbocycles. The Morgan fingerprint density at radius 3 is 2.70 bits per heavy atom. The first-order chi connectivity index (χ1) is 10.0. The Balaban J connectivity index is 0.00000242. The van der Waals surface area contributed by atoms with Gasteiger partial charge in [-0.25, -0.2) is 4.98 Å². The molecule has 0 saturated carbocycles. The number of carbonyl (C=O) groups excluding carboxylic acids is 1. The van der Waals surface area contributed by atoms with Crippen molar-refractivity contribution < 1.29 is 9.53 Å². The van der Waals surface area contributed by atoms with Gasteiger partial charge >= 0.3 is 0 Å². The Morgan fingerprint density at radius 1 is 1.39 bits per heavy atom. The number of ether oxygens (including phenoxy) is 1. The zero-order valence-electron chi connectivity index (χ0n) is 13.2. The third-order valence-corrected chi connectivity index (χ3v) is 4.24. The number of nitrogen functional groups attached to an aromatic ring is 1. The highest BCUT2D eigenvalue weighted by Gasteiger charge is 2.16. The smallest absolute Gasteiger partial charge is 0.267 e. The number of nitrogens with zero attached hydrogens (tertiary/aromatic N) is 1. The molecule has 1 aromatic heterocycles. The van der Waals surface area contributed by atoms with E-state index in [-0.39, 0.29) is 30.7 Å². The van der Waals surface area contributed by atoms with Gasteiger partial charge in [0.05, 0.1) is 29.2 Å². The summed E-state index contributed by atoms with van der Waals surface area (Å²) >= 11 is 1.43. The molecule has 5 nitrogen and oxygen atoms in total. The van der Waals surface area contributed by atoms with Crippen LogP contribution in [-0.2, 0) is 6.42 Å². The molecule has 0 aliphatic rings. The van der Waals surface area contributed by atoms with E-state index in [9.17, 15) is 4.79 Å². The predicted molar refractivity (Wildman–Crippen MR) is 101 cm³/mol. The molecule has 0 bridgehead atoms. The largest absolute Gasteiger partial charge is 0.497 e. The van der Waals surface area contributed by atoms with Gasteiger partial charge in [-0.1, -0.05) is 6.92 Å². The van der Waals surface area contributed by atoms with Crippen molar-refractivity contribution in [1.82, 2.24) is 4.98 Å². The molecule has 1 aromatic carbocycles. The number of hydrogen-bond acceptors (Lipinski definition) is 5. The van der Waals surface area contributed by atoms with Gasteiger partial charge in [0.1, 0.15) is 10.6 Å². The van der Waals surface area contributed by atoms with Crippen LogP contribution in [0.25, 0.3) is 0 Å². The van der Waals surface area contributed by atoms with Crippen molar-refractivity contribution in [2.24, 2.45) is 0 Å². The second-order valence-corrected chi connectivity index (χ2v) is 5.76. The maximum absolute atomic E-state index is 12.4. The molecule has 8 heteroatoms. The van der Waals surface area contributed by atoms with Crippen molar-refractivity contribution in [2.75, 3.05) is 18.2 Å². The lowest BCUT2D eigenvalue weighted by atomic mass is 10.2. The van der Waals surface area contributed by atoms with E-state index in [2.05, 4.69) is 17.2 Å². The number of amides is 1. The van der Waals surface area contributed by atoms with Crippen LogP contribution in [0, 0.1) is 6.92 Å². The van der Waals surface area contributed by atoms with Gasteiger partial charge in [0, 0.05) is 6.07 Å². The Hall–Kier alpha value is -1.50. The van der Waals surface area contributed by atoms with Gasteiger partial charge in [0.15, 0.2) is 0 Å². The van der Waals surface area contributed by atoms with Gasteiger partial charge in [0.2, 0.25) is 0 Å². The number of halogens is 2. The second kappa shape index (κ2) is 9.60. The fourth-order valence-electron chi connectivity index (χ4n) is 1.93. The van der Waals surface area contributed by atoms with E-state index in [0.717, 1.165) is 23.5 Å². The van der Waals surface area contributed by atoms with Gasteiger partial charge in [-0.05, 0) is 31.9 Å². The quantitative estimate of drug-likeness (QED) is 0.769. The molecule has 0 spiro atoms. The molecule has 3 N–H and O–H groups in total. The minimum atomic E-state index is -0.188. The molecule has 0 radical (unpaired) electrons. The molecule has 0 unspecified atom stereocenters. The normalized spacial score (nSPS) is 9.52. The van der Waals surface area contributed by atoms with Gasteiger partial charge in [-0.3, -0.25) is 4.79 Å². The lowest BCUT2D eigenvalue weighted by Crippen LogP contribution is -2.13. The number of benzene rings is 1. The summed E-state index contributed by atoms with van der Waals surface area (Å²) in [5, 5.41) is 3.81. The van der Waals surface area contributed by atoms with Crippen LogP contribution >= 0.6 is 36.2 Å². The molecule has 2 aromatic rings. The van der Waals surface area contributed by atoms with Crippen molar-refractivity contribution >= 4 is 53.4 Å². The molecule has 0 fully saturated rings. The van der Waals surface area contributed by atoms with E-state index in [0.29, 0.717) is 22.0 Å². The lowest BCUT2D eigenvalue weighted by molar-refractivity contribution is 0.103. The number of aromatic nitrogens is 1. The standard InChI is InChI=1S/C15H19N3O2S.2ClH/c1-4-5-13-17-9(2)14(21-13)15(19)18-12-8-10(20-3)6-7-11(12)16;;/h6-8H,4-5,16H2,1-3H3,(H,18,19);2*1H. The highest BCUT2D eigenvalue weighted by Crippen LogP contribution is 2.26. The zero-order chi connectivity index (χ0) is 15.4. The van der Waals surface area contributed by atoms with Crippen molar-refractivity contribution in [1.29, 1.82) is 0 Å². The van der Waals surface area contributed by atoms with Gasteiger partial charge in [-0.2, -0.15) is 0 Å². The van der Waals surface area contributed by atoms with E-state index < -0.39 is 0 Å². The molecule has 2 rings (SSSR count). The van der Waals surface area contributed by atoms with Crippen LogP contribution in [0.2, 0.25) is 0 Å². The van der Waals surface area contributed by atoms with Crippen molar-refractivity contribution in [3.8, 4) is 5.75 Å². The number of rotatable bonds is 5. The van der Waals surface area contributed by atoms with Gasteiger partial charge in [-0.15, -0.1) is 36.2 Å². The molecule has 128 valence electrons.